The first-order valence-corrected chi connectivity index (χ1v) is 11.0. The SMILES string of the molecule is O=C(NCC(F)(F)F)C1(CCCCc2ccc([N+](=O)[O-])cc2)c2ccccc2-c2ccccc21. The first-order valence-electron chi connectivity index (χ1n) is 11.0. The van der Waals surface area contributed by atoms with Crippen LogP contribution in [-0.4, -0.2) is 23.6 Å². The van der Waals surface area contributed by atoms with Gasteiger partial charge in [0.2, 0.25) is 5.91 Å². The molecule has 0 aliphatic heterocycles. The molecule has 0 bridgehead atoms. The number of carbonyl (C=O) groups is 1. The van der Waals surface area contributed by atoms with Crippen LogP contribution in [0.25, 0.3) is 11.1 Å². The van der Waals surface area contributed by atoms with Crippen LogP contribution in [0.15, 0.2) is 72.8 Å². The molecule has 3 aromatic rings. The van der Waals surface area contributed by atoms with Gasteiger partial charge in [-0.15, -0.1) is 0 Å². The Balaban J connectivity index is 1.59. The van der Waals surface area contributed by atoms with Crippen LogP contribution < -0.4 is 5.32 Å². The second kappa shape index (κ2) is 9.29. The standard InChI is InChI=1S/C26H23F3N2O3/c27-26(28,29)17-30-24(32)25(16-6-5-7-18-12-14-19(15-13-18)31(33)34)22-10-3-1-8-20(22)21-9-2-4-11-23(21)25/h1-4,8-15H,5-7,16-17H2,(H,30,32). The minimum absolute atomic E-state index is 0.0169. The van der Waals surface area contributed by atoms with Crippen LogP contribution in [0.5, 0.6) is 0 Å². The van der Waals surface area contributed by atoms with Crippen LogP contribution in [-0.2, 0) is 16.6 Å². The summed E-state index contributed by atoms with van der Waals surface area (Å²) in [6, 6.07) is 21.0. The van der Waals surface area contributed by atoms with Gasteiger partial charge in [-0.05, 0) is 47.1 Å². The van der Waals surface area contributed by atoms with Gasteiger partial charge in [-0.3, -0.25) is 14.9 Å². The van der Waals surface area contributed by atoms with E-state index in [-0.39, 0.29) is 5.69 Å². The lowest BCUT2D eigenvalue weighted by Crippen LogP contribution is -2.47. The predicted octanol–water partition coefficient (Wildman–Crippen LogP) is 5.95. The molecule has 176 valence electrons. The van der Waals surface area contributed by atoms with Crippen molar-refractivity contribution in [3.63, 3.8) is 0 Å². The highest BCUT2D eigenvalue weighted by atomic mass is 19.4. The largest absolute Gasteiger partial charge is 0.405 e. The Morgan fingerprint density at radius 1 is 0.882 bits per heavy atom. The van der Waals surface area contributed by atoms with Gasteiger partial charge in [0.05, 0.1) is 4.92 Å². The number of nitrogens with zero attached hydrogens (tertiary/aromatic N) is 1. The van der Waals surface area contributed by atoms with E-state index in [0.29, 0.717) is 36.8 Å². The number of nitro groups is 1. The van der Waals surface area contributed by atoms with Gasteiger partial charge in [0.1, 0.15) is 12.0 Å². The molecule has 0 spiro atoms. The number of carbonyl (C=O) groups excluding carboxylic acids is 1. The molecule has 1 aliphatic rings. The topological polar surface area (TPSA) is 72.2 Å². The molecule has 0 atom stereocenters. The summed E-state index contributed by atoms with van der Waals surface area (Å²) in [7, 11) is 0. The molecule has 1 N–H and O–H groups in total. The average Bonchev–Trinajstić information content (AvgIpc) is 3.11. The Morgan fingerprint density at radius 2 is 1.44 bits per heavy atom. The van der Waals surface area contributed by atoms with Crippen LogP contribution in [0, 0.1) is 10.1 Å². The summed E-state index contributed by atoms with van der Waals surface area (Å²) in [5, 5.41) is 13.0. The summed E-state index contributed by atoms with van der Waals surface area (Å²) in [6.45, 7) is -1.39. The molecule has 8 heteroatoms. The van der Waals surface area contributed by atoms with E-state index in [1.807, 2.05) is 36.4 Å². The Hall–Kier alpha value is -3.68. The summed E-state index contributed by atoms with van der Waals surface area (Å²) in [5.41, 5.74) is 2.87. The predicted molar refractivity (Wildman–Crippen MR) is 122 cm³/mol. The van der Waals surface area contributed by atoms with E-state index in [0.717, 1.165) is 16.7 Å². The molecule has 34 heavy (non-hydrogen) atoms. The molecule has 4 rings (SSSR count). The number of rotatable bonds is 8. The minimum atomic E-state index is -4.51. The summed E-state index contributed by atoms with van der Waals surface area (Å²) < 4.78 is 38.8. The lowest BCUT2D eigenvalue weighted by Gasteiger charge is -2.31. The number of amides is 1. The first-order chi connectivity index (χ1) is 16.2. The van der Waals surface area contributed by atoms with E-state index >= 15 is 0 Å². The van der Waals surface area contributed by atoms with Gasteiger partial charge < -0.3 is 5.32 Å². The molecule has 0 fully saturated rings. The number of alkyl halides is 3. The Bertz CT molecular complexity index is 1160. The molecule has 1 aliphatic carbocycles. The molecule has 0 saturated heterocycles. The summed E-state index contributed by atoms with van der Waals surface area (Å²) in [6.07, 6.45) is -2.26. The smallest absolute Gasteiger partial charge is 0.346 e. The molecular formula is C26H23F3N2O3. The zero-order valence-corrected chi connectivity index (χ0v) is 18.3. The van der Waals surface area contributed by atoms with Gasteiger partial charge in [0.15, 0.2) is 0 Å². The molecule has 0 heterocycles. The molecule has 0 saturated carbocycles. The van der Waals surface area contributed by atoms with E-state index in [2.05, 4.69) is 5.32 Å². The number of halogens is 3. The van der Waals surface area contributed by atoms with Crippen molar-refractivity contribution in [2.75, 3.05) is 6.54 Å². The number of benzene rings is 3. The van der Waals surface area contributed by atoms with Crippen molar-refractivity contribution < 1.29 is 22.9 Å². The van der Waals surface area contributed by atoms with Crippen LogP contribution in [0.1, 0.15) is 36.0 Å². The maximum absolute atomic E-state index is 13.4. The second-order valence-corrected chi connectivity index (χ2v) is 8.43. The third-order valence-corrected chi connectivity index (χ3v) is 6.32. The molecule has 3 aromatic carbocycles. The zero-order chi connectivity index (χ0) is 24.3. The quantitative estimate of drug-likeness (QED) is 0.252. The lowest BCUT2D eigenvalue weighted by molar-refractivity contribution is -0.384. The summed E-state index contributed by atoms with van der Waals surface area (Å²) in [4.78, 5) is 23.8. The number of nitrogens with one attached hydrogen (secondary N) is 1. The van der Waals surface area contributed by atoms with E-state index < -0.39 is 29.0 Å². The Labute approximate surface area is 194 Å². The molecular weight excluding hydrogens is 445 g/mol. The fourth-order valence-corrected chi connectivity index (χ4v) is 4.79. The van der Waals surface area contributed by atoms with Gasteiger partial charge >= 0.3 is 6.18 Å². The van der Waals surface area contributed by atoms with E-state index in [4.69, 9.17) is 0 Å². The van der Waals surface area contributed by atoms with Crippen LogP contribution >= 0.6 is 0 Å². The van der Waals surface area contributed by atoms with Crippen molar-refractivity contribution in [1.29, 1.82) is 0 Å². The minimum Gasteiger partial charge on any atom is -0.346 e. The maximum atomic E-state index is 13.4. The van der Waals surface area contributed by atoms with Crippen molar-refractivity contribution in [2.24, 2.45) is 0 Å². The van der Waals surface area contributed by atoms with Crippen molar-refractivity contribution in [3.8, 4) is 11.1 Å². The van der Waals surface area contributed by atoms with Gasteiger partial charge in [0.25, 0.3) is 5.69 Å². The lowest BCUT2D eigenvalue weighted by atomic mass is 9.73. The van der Waals surface area contributed by atoms with Gasteiger partial charge in [0, 0.05) is 12.1 Å². The third kappa shape index (κ3) is 4.53. The van der Waals surface area contributed by atoms with Crippen molar-refractivity contribution in [3.05, 3.63) is 99.6 Å². The number of hydrogen-bond donors (Lipinski definition) is 1. The third-order valence-electron chi connectivity index (χ3n) is 6.32. The van der Waals surface area contributed by atoms with E-state index in [1.54, 1.807) is 24.3 Å². The fourth-order valence-electron chi connectivity index (χ4n) is 4.79. The molecule has 0 unspecified atom stereocenters. The van der Waals surface area contributed by atoms with Crippen LogP contribution in [0.3, 0.4) is 0 Å². The Kier molecular flexibility index (Phi) is 6.41. The number of nitro benzene ring substituents is 1. The van der Waals surface area contributed by atoms with Crippen molar-refractivity contribution >= 4 is 11.6 Å². The molecule has 1 amide bonds. The highest BCUT2D eigenvalue weighted by Crippen LogP contribution is 2.51. The van der Waals surface area contributed by atoms with Gasteiger partial charge in [-0.25, -0.2) is 0 Å². The normalized spacial score (nSPS) is 13.7. The summed E-state index contributed by atoms with van der Waals surface area (Å²) >= 11 is 0. The molecule has 0 radical (unpaired) electrons. The number of aryl methyl sites for hydroxylation is 1. The van der Waals surface area contributed by atoms with Crippen molar-refractivity contribution in [2.45, 2.75) is 37.3 Å². The highest BCUT2D eigenvalue weighted by molar-refractivity contribution is 6.00. The number of non-ortho nitro benzene ring substituents is 1. The summed E-state index contributed by atoms with van der Waals surface area (Å²) in [5.74, 6) is -0.655. The first kappa shape index (κ1) is 23.5. The monoisotopic (exact) mass is 468 g/mol. The fraction of sp³-hybridized carbons (Fsp3) is 0.269. The zero-order valence-electron chi connectivity index (χ0n) is 18.3. The van der Waals surface area contributed by atoms with Crippen molar-refractivity contribution in [1.82, 2.24) is 5.32 Å². The van der Waals surface area contributed by atoms with Crippen LogP contribution in [0.2, 0.25) is 0 Å². The van der Waals surface area contributed by atoms with E-state index in [1.165, 1.54) is 12.1 Å². The van der Waals surface area contributed by atoms with Crippen LogP contribution in [0.4, 0.5) is 18.9 Å². The molecule has 0 aromatic heterocycles. The Morgan fingerprint density at radius 3 is 1.97 bits per heavy atom. The molecule has 5 nitrogen and oxygen atoms in total. The average molecular weight is 468 g/mol. The number of fused-ring (bicyclic) bond motifs is 3. The number of hydrogen-bond acceptors (Lipinski definition) is 3. The number of unbranched alkanes of at least 4 members (excludes halogenated alkanes) is 1. The second-order valence-electron chi connectivity index (χ2n) is 8.43. The van der Waals surface area contributed by atoms with Gasteiger partial charge in [-0.1, -0.05) is 67.1 Å². The highest BCUT2D eigenvalue weighted by Gasteiger charge is 2.49. The maximum Gasteiger partial charge on any atom is 0.405 e. The van der Waals surface area contributed by atoms with E-state index in [9.17, 15) is 28.1 Å². The van der Waals surface area contributed by atoms with Gasteiger partial charge in [-0.2, -0.15) is 13.2 Å².